The molecule has 0 unspecified atom stereocenters. The third kappa shape index (κ3) is 3.59. The van der Waals surface area contributed by atoms with Crippen LogP contribution in [-0.2, 0) is 13.6 Å². The van der Waals surface area contributed by atoms with Gasteiger partial charge in [-0.05, 0) is 36.8 Å². The third-order valence-electron chi connectivity index (χ3n) is 4.66. The quantitative estimate of drug-likeness (QED) is 0.471. The molecule has 30 heavy (non-hydrogen) atoms. The molecule has 9 heteroatoms. The average molecular weight is 423 g/mol. The number of rotatable bonds is 6. The van der Waals surface area contributed by atoms with E-state index in [-0.39, 0.29) is 5.91 Å². The molecule has 0 fully saturated rings. The molecule has 8 nitrogen and oxygen atoms in total. The van der Waals surface area contributed by atoms with Crippen LogP contribution in [0.1, 0.15) is 21.7 Å². The summed E-state index contributed by atoms with van der Waals surface area (Å²) in [6, 6.07) is 9.18. The number of pyridine rings is 1. The van der Waals surface area contributed by atoms with E-state index in [0.717, 1.165) is 16.0 Å². The molecule has 154 valence electrons. The number of benzene rings is 1. The lowest BCUT2D eigenvalue weighted by Crippen LogP contribution is -2.31. The van der Waals surface area contributed by atoms with Gasteiger partial charge in [-0.1, -0.05) is 17.4 Å². The third-order valence-corrected chi connectivity index (χ3v) is 5.75. The Hall–Kier alpha value is -3.46. The number of aryl methyl sites for hydroxylation is 2. The number of nitrogens with zero attached hydrogens (tertiary/aromatic N) is 5. The van der Waals surface area contributed by atoms with Crippen molar-refractivity contribution < 1.29 is 14.3 Å². The molecule has 3 heterocycles. The second kappa shape index (κ2) is 8.11. The molecule has 0 aliphatic rings. The Balaban J connectivity index is 1.85. The van der Waals surface area contributed by atoms with E-state index >= 15 is 0 Å². The molecule has 0 atom stereocenters. The Labute approximate surface area is 177 Å². The normalized spacial score (nSPS) is 10.9. The van der Waals surface area contributed by atoms with E-state index in [2.05, 4.69) is 10.1 Å². The number of thiazole rings is 1. The number of methoxy groups -OCH3 is 2. The highest BCUT2D eigenvalue weighted by Gasteiger charge is 2.26. The van der Waals surface area contributed by atoms with E-state index in [1.807, 2.05) is 31.2 Å². The highest BCUT2D eigenvalue weighted by atomic mass is 32.1. The first-order valence-electron chi connectivity index (χ1n) is 9.24. The van der Waals surface area contributed by atoms with Gasteiger partial charge in [0.05, 0.1) is 26.5 Å². The second-order valence-corrected chi connectivity index (χ2v) is 7.67. The SMILES string of the molecule is COc1ccc(OC)c2sc(N(Cc3cccnc3)C(=O)c3cc(C)nn3C)nc12. The van der Waals surface area contributed by atoms with Gasteiger partial charge in [0.25, 0.3) is 5.91 Å². The fraction of sp³-hybridized carbons (Fsp3) is 0.238. The molecule has 0 saturated heterocycles. The van der Waals surface area contributed by atoms with Gasteiger partial charge in [-0.2, -0.15) is 5.10 Å². The van der Waals surface area contributed by atoms with Crippen LogP contribution in [0.25, 0.3) is 10.2 Å². The number of carbonyl (C=O) groups excluding carboxylic acids is 1. The van der Waals surface area contributed by atoms with Crippen molar-refractivity contribution in [3.05, 3.63) is 59.7 Å². The molecule has 0 bridgehead atoms. The number of aromatic nitrogens is 4. The number of amides is 1. The number of carbonyl (C=O) groups is 1. The Morgan fingerprint density at radius 3 is 2.60 bits per heavy atom. The Morgan fingerprint density at radius 2 is 1.97 bits per heavy atom. The van der Waals surface area contributed by atoms with Gasteiger partial charge < -0.3 is 9.47 Å². The first-order valence-corrected chi connectivity index (χ1v) is 10.1. The summed E-state index contributed by atoms with van der Waals surface area (Å²) in [7, 11) is 4.96. The van der Waals surface area contributed by atoms with Crippen LogP contribution in [0.3, 0.4) is 0 Å². The topological polar surface area (TPSA) is 82.4 Å². The first kappa shape index (κ1) is 19.8. The molecular formula is C21H21N5O3S. The minimum Gasteiger partial charge on any atom is -0.495 e. The van der Waals surface area contributed by atoms with E-state index in [1.165, 1.54) is 11.3 Å². The number of hydrogen-bond donors (Lipinski definition) is 0. The maximum absolute atomic E-state index is 13.5. The molecule has 1 amide bonds. The summed E-state index contributed by atoms with van der Waals surface area (Å²) < 4.78 is 13.4. The van der Waals surface area contributed by atoms with E-state index < -0.39 is 0 Å². The average Bonchev–Trinajstić information content (AvgIpc) is 3.34. The van der Waals surface area contributed by atoms with Crippen LogP contribution in [0.5, 0.6) is 11.5 Å². The molecule has 0 spiro atoms. The van der Waals surface area contributed by atoms with Crippen molar-refractivity contribution >= 4 is 32.6 Å². The van der Waals surface area contributed by atoms with Gasteiger partial charge in [0.2, 0.25) is 0 Å². The Bertz CT molecular complexity index is 1160. The maximum atomic E-state index is 13.5. The monoisotopic (exact) mass is 423 g/mol. The van der Waals surface area contributed by atoms with Crippen LogP contribution in [0.4, 0.5) is 5.13 Å². The molecule has 0 saturated carbocycles. The van der Waals surface area contributed by atoms with Crippen molar-refractivity contribution in [1.29, 1.82) is 0 Å². The molecule has 0 radical (unpaired) electrons. The van der Waals surface area contributed by atoms with Gasteiger partial charge in [0.15, 0.2) is 5.13 Å². The van der Waals surface area contributed by atoms with Gasteiger partial charge in [0.1, 0.15) is 27.4 Å². The van der Waals surface area contributed by atoms with Gasteiger partial charge in [0, 0.05) is 19.4 Å². The minimum atomic E-state index is -0.195. The molecule has 4 rings (SSSR count). The predicted octanol–water partition coefficient (Wildman–Crippen LogP) is 3.60. The Kier molecular flexibility index (Phi) is 5.37. The molecule has 3 aromatic heterocycles. The largest absolute Gasteiger partial charge is 0.495 e. The summed E-state index contributed by atoms with van der Waals surface area (Å²) in [6.07, 6.45) is 3.44. The minimum absolute atomic E-state index is 0.195. The van der Waals surface area contributed by atoms with Crippen LogP contribution in [0.15, 0.2) is 42.7 Å². The van der Waals surface area contributed by atoms with Gasteiger partial charge in [-0.3, -0.25) is 19.4 Å². The second-order valence-electron chi connectivity index (χ2n) is 6.69. The summed E-state index contributed by atoms with van der Waals surface area (Å²) in [4.78, 5) is 24.1. The Morgan fingerprint density at radius 1 is 1.20 bits per heavy atom. The van der Waals surface area contributed by atoms with Crippen LogP contribution >= 0.6 is 11.3 Å². The fourth-order valence-electron chi connectivity index (χ4n) is 3.24. The van der Waals surface area contributed by atoms with Crippen LogP contribution in [0.2, 0.25) is 0 Å². The molecule has 4 aromatic rings. The van der Waals surface area contributed by atoms with Crippen LogP contribution in [0, 0.1) is 6.92 Å². The lowest BCUT2D eigenvalue weighted by atomic mass is 10.2. The number of ether oxygens (including phenoxy) is 2. The van der Waals surface area contributed by atoms with Crippen molar-refractivity contribution in [3.8, 4) is 11.5 Å². The lowest BCUT2D eigenvalue weighted by Gasteiger charge is -2.19. The van der Waals surface area contributed by atoms with Crippen LogP contribution < -0.4 is 14.4 Å². The predicted molar refractivity (Wildman–Crippen MR) is 115 cm³/mol. The van der Waals surface area contributed by atoms with Gasteiger partial charge in [-0.15, -0.1) is 0 Å². The maximum Gasteiger partial charge on any atom is 0.278 e. The number of hydrogen-bond acceptors (Lipinski definition) is 7. The summed E-state index contributed by atoms with van der Waals surface area (Å²) in [5.74, 6) is 1.11. The number of fused-ring (bicyclic) bond motifs is 1. The molecule has 1 aromatic carbocycles. The first-order chi connectivity index (χ1) is 14.5. The summed E-state index contributed by atoms with van der Waals surface area (Å²) in [5, 5.41) is 4.85. The molecule has 0 aliphatic heterocycles. The van der Waals surface area contributed by atoms with E-state index in [0.29, 0.717) is 34.4 Å². The zero-order valence-electron chi connectivity index (χ0n) is 17.1. The fourth-order valence-corrected chi connectivity index (χ4v) is 4.31. The van der Waals surface area contributed by atoms with E-state index in [9.17, 15) is 4.79 Å². The molecule has 0 aliphatic carbocycles. The zero-order valence-corrected chi connectivity index (χ0v) is 17.9. The van der Waals surface area contributed by atoms with Crippen molar-refractivity contribution in [1.82, 2.24) is 19.7 Å². The van der Waals surface area contributed by atoms with Crippen molar-refractivity contribution in [2.24, 2.45) is 7.05 Å². The smallest absolute Gasteiger partial charge is 0.278 e. The lowest BCUT2D eigenvalue weighted by molar-refractivity contribution is 0.0976. The highest BCUT2D eigenvalue weighted by molar-refractivity contribution is 7.22. The van der Waals surface area contributed by atoms with Crippen molar-refractivity contribution in [2.75, 3.05) is 19.1 Å². The molecule has 0 N–H and O–H groups in total. The van der Waals surface area contributed by atoms with Gasteiger partial charge >= 0.3 is 0 Å². The van der Waals surface area contributed by atoms with Crippen molar-refractivity contribution in [3.63, 3.8) is 0 Å². The molecular weight excluding hydrogens is 402 g/mol. The van der Waals surface area contributed by atoms with Gasteiger partial charge in [-0.25, -0.2) is 4.98 Å². The van der Waals surface area contributed by atoms with Crippen molar-refractivity contribution in [2.45, 2.75) is 13.5 Å². The number of anilines is 1. The standard InChI is InChI=1S/C21H21N5O3S/c1-13-10-15(25(2)24-13)20(27)26(12-14-6-5-9-22-11-14)21-23-18-16(28-3)7-8-17(29-4)19(18)30-21/h5-11H,12H2,1-4H3. The summed E-state index contributed by atoms with van der Waals surface area (Å²) >= 11 is 1.38. The highest BCUT2D eigenvalue weighted by Crippen LogP contribution is 2.40. The van der Waals surface area contributed by atoms with Crippen LogP contribution in [-0.4, -0.2) is 39.9 Å². The van der Waals surface area contributed by atoms with E-state index in [4.69, 9.17) is 14.5 Å². The summed E-state index contributed by atoms with van der Waals surface area (Å²) in [6.45, 7) is 2.18. The van der Waals surface area contributed by atoms with E-state index in [1.54, 1.807) is 49.3 Å². The zero-order chi connectivity index (χ0) is 21.3. The summed E-state index contributed by atoms with van der Waals surface area (Å²) in [5.41, 5.74) is 2.80.